The summed E-state index contributed by atoms with van der Waals surface area (Å²) >= 11 is 0. The number of rotatable bonds is 11. The Balaban J connectivity index is 3.04. The Morgan fingerprint density at radius 3 is 1.88 bits per heavy atom. The van der Waals surface area contributed by atoms with Gasteiger partial charge in [0.05, 0.1) is 45.7 Å². The van der Waals surface area contributed by atoms with E-state index in [1.54, 1.807) is 7.11 Å². The molecule has 5 nitrogen and oxygen atoms in total. The molecule has 0 spiro atoms. The Labute approximate surface area is 98.2 Å². The van der Waals surface area contributed by atoms with E-state index in [0.717, 1.165) is 0 Å². The van der Waals surface area contributed by atoms with Gasteiger partial charge in [-0.1, -0.05) is 0 Å². The number of ether oxygens (including phenoxy) is 4. The third-order valence-corrected chi connectivity index (χ3v) is 2.15. The molecule has 0 heterocycles. The number of hydrogen-bond donors (Lipinski definition) is 1. The van der Waals surface area contributed by atoms with Crippen molar-refractivity contribution in [3.63, 3.8) is 0 Å². The highest BCUT2D eigenvalue weighted by Gasteiger charge is 2.06. The highest BCUT2D eigenvalue weighted by Crippen LogP contribution is 1.94. The molecular weight excluding hydrogens is 210 g/mol. The van der Waals surface area contributed by atoms with Crippen molar-refractivity contribution in [2.45, 2.75) is 26.0 Å². The molecule has 0 aliphatic heterocycles. The van der Waals surface area contributed by atoms with E-state index >= 15 is 0 Å². The molecule has 0 aromatic rings. The van der Waals surface area contributed by atoms with Crippen LogP contribution in [0.4, 0.5) is 0 Å². The molecule has 0 rings (SSSR count). The fourth-order valence-corrected chi connectivity index (χ4v) is 0.909. The maximum Gasteiger partial charge on any atom is 0.0704 e. The lowest BCUT2D eigenvalue weighted by molar-refractivity contribution is -0.0161. The van der Waals surface area contributed by atoms with Crippen LogP contribution in [0.25, 0.3) is 0 Å². The first-order valence-corrected chi connectivity index (χ1v) is 5.70. The standard InChI is InChI=1S/C11H25NO4/c1-10(12)11(2)16-9-8-15-7-6-14-5-4-13-3/h10-11H,4-9,12H2,1-3H3/t10-,11?/m0/s1. The van der Waals surface area contributed by atoms with Crippen molar-refractivity contribution in [3.05, 3.63) is 0 Å². The summed E-state index contributed by atoms with van der Waals surface area (Å²) < 4.78 is 20.8. The summed E-state index contributed by atoms with van der Waals surface area (Å²) in [4.78, 5) is 0. The summed E-state index contributed by atoms with van der Waals surface area (Å²) in [6.07, 6.45) is 0.0709. The van der Waals surface area contributed by atoms with Crippen molar-refractivity contribution < 1.29 is 18.9 Å². The van der Waals surface area contributed by atoms with E-state index in [1.807, 2.05) is 13.8 Å². The lowest BCUT2D eigenvalue weighted by Gasteiger charge is -2.16. The van der Waals surface area contributed by atoms with E-state index in [4.69, 9.17) is 24.7 Å². The molecule has 0 amide bonds. The maximum atomic E-state index is 5.65. The topological polar surface area (TPSA) is 62.9 Å². The second-order valence-electron chi connectivity index (χ2n) is 3.65. The van der Waals surface area contributed by atoms with Crippen LogP contribution in [0, 0.1) is 0 Å². The minimum Gasteiger partial charge on any atom is -0.382 e. The Morgan fingerprint density at radius 2 is 1.38 bits per heavy atom. The Morgan fingerprint density at radius 1 is 0.875 bits per heavy atom. The molecule has 2 atom stereocenters. The Kier molecular flexibility index (Phi) is 11.1. The lowest BCUT2D eigenvalue weighted by atomic mass is 10.2. The highest BCUT2D eigenvalue weighted by molar-refractivity contribution is 4.61. The molecule has 0 saturated carbocycles. The summed E-state index contributed by atoms with van der Waals surface area (Å²) in [5.74, 6) is 0. The Bertz CT molecular complexity index is 144. The zero-order valence-corrected chi connectivity index (χ0v) is 10.6. The van der Waals surface area contributed by atoms with Crippen LogP contribution in [0.1, 0.15) is 13.8 Å². The average Bonchev–Trinajstić information content (AvgIpc) is 2.26. The van der Waals surface area contributed by atoms with Crippen LogP contribution in [0.3, 0.4) is 0 Å². The molecule has 0 bridgehead atoms. The SMILES string of the molecule is COCCOCCOCCOC(C)[C@H](C)N. The minimum atomic E-state index is 0.0531. The molecule has 1 unspecified atom stereocenters. The second kappa shape index (κ2) is 11.3. The fourth-order valence-electron chi connectivity index (χ4n) is 0.909. The molecule has 0 aromatic carbocycles. The third kappa shape index (κ3) is 10.3. The van der Waals surface area contributed by atoms with Crippen molar-refractivity contribution in [1.82, 2.24) is 0 Å². The highest BCUT2D eigenvalue weighted by atomic mass is 16.6. The van der Waals surface area contributed by atoms with Gasteiger partial charge in [-0.05, 0) is 13.8 Å². The van der Waals surface area contributed by atoms with Crippen LogP contribution in [-0.4, -0.2) is 58.9 Å². The number of nitrogens with two attached hydrogens (primary N) is 1. The van der Waals surface area contributed by atoms with Gasteiger partial charge in [0.25, 0.3) is 0 Å². The van der Waals surface area contributed by atoms with Crippen LogP contribution in [0.15, 0.2) is 0 Å². The van der Waals surface area contributed by atoms with E-state index in [9.17, 15) is 0 Å². The molecule has 5 heteroatoms. The van der Waals surface area contributed by atoms with Crippen molar-refractivity contribution in [3.8, 4) is 0 Å². The average molecular weight is 235 g/mol. The van der Waals surface area contributed by atoms with Gasteiger partial charge < -0.3 is 24.7 Å². The van der Waals surface area contributed by atoms with Gasteiger partial charge in [-0.15, -0.1) is 0 Å². The lowest BCUT2D eigenvalue weighted by Crippen LogP contribution is -2.32. The zero-order chi connectivity index (χ0) is 12.2. The quantitative estimate of drug-likeness (QED) is 0.526. The van der Waals surface area contributed by atoms with Crippen LogP contribution >= 0.6 is 0 Å². The Hall–Kier alpha value is -0.200. The molecule has 2 N–H and O–H groups in total. The molecular formula is C11H25NO4. The minimum absolute atomic E-state index is 0.0531. The van der Waals surface area contributed by atoms with Gasteiger partial charge >= 0.3 is 0 Å². The molecule has 0 radical (unpaired) electrons. The third-order valence-electron chi connectivity index (χ3n) is 2.15. The molecule has 16 heavy (non-hydrogen) atoms. The largest absolute Gasteiger partial charge is 0.382 e. The van der Waals surface area contributed by atoms with E-state index in [1.165, 1.54) is 0 Å². The first-order chi connectivity index (χ1) is 7.68. The number of methoxy groups -OCH3 is 1. The van der Waals surface area contributed by atoms with E-state index < -0.39 is 0 Å². The van der Waals surface area contributed by atoms with E-state index in [0.29, 0.717) is 39.6 Å². The summed E-state index contributed by atoms with van der Waals surface area (Å²) in [7, 11) is 1.65. The van der Waals surface area contributed by atoms with Crippen molar-refractivity contribution in [2.24, 2.45) is 5.73 Å². The van der Waals surface area contributed by atoms with Crippen molar-refractivity contribution >= 4 is 0 Å². The van der Waals surface area contributed by atoms with Crippen LogP contribution < -0.4 is 5.73 Å². The molecule has 0 aliphatic carbocycles. The molecule has 0 fully saturated rings. The van der Waals surface area contributed by atoms with Gasteiger partial charge in [0.2, 0.25) is 0 Å². The van der Waals surface area contributed by atoms with E-state index in [2.05, 4.69) is 0 Å². The smallest absolute Gasteiger partial charge is 0.0704 e. The first kappa shape index (κ1) is 15.8. The van der Waals surface area contributed by atoms with Gasteiger partial charge in [-0.2, -0.15) is 0 Å². The molecule has 98 valence electrons. The normalized spacial score (nSPS) is 15.0. The van der Waals surface area contributed by atoms with Gasteiger partial charge in [-0.25, -0.2) is 0 Å². The summed E-state index contributed by atoms with van der Waals surface area (Å²) in [6.45, 7) is 7.43. The van der Waals surface area contributed by atoms with E-state index in [-0.39, 0.29) is 12.1 Å². The van der Waals surface area contributed by atoms with Crippen LogP contribution in [0.5, 0.6) is 0 Å². The maximum absolute atomic E-state index is 5.65. The predicted molar refractivity (Wildman–Crippen MR) is 62.6 cm³/mol. The molecule has 0 aromatic heterocycles. The van der Waals surface area contributed by atoms with Gasteiger partial charge in [0.15, 0.2) is 0 Å². The predicted octanol–water partition coefficient (Wildman–Crippen LogP) is 0.418. The number of hydrogen-bond acceptors (Lipinski definition) is 5. The molecule has 0 aliphatic rings. The second-order valence-corrected chi connectivity index (χ2v) is 3.65. The van der Waals surface area contributed by atoms with Crippen LogP contribution in [0.2, 0.25) is 0 Å². The van der Waals surface area contributed by atoms with Crippen molar-refractivity contribution in [2.75, 3.05) is 46.8 Å². The summed E-state index contributed by atoms with van der Waals surface area (Å²) in [6, 6.07) is 0.0531. The van der Waals surface area contributed by atoms with Crippen LogP contribution in [-0.2, 0) is 18.9 Å². The first-order valence-electron chi connectivity index (χ1n) is 5.70. The summed E-state index contributed by atoms with van der Waals surface area (Å²) in [5.41, 5.74) is 5.65. The van der Waals surface area contributed by atoms with Gasteiger partial charge in [0, 0.05) is 13.2 Å². The molecule has 0 saturated heterocycles. The van der Waals surface area contributed by atoms with Gasteiger partial charge in [-0.3, -0.25) is 0 Å². The van der Waals surface area contributed by atoms with Crippen molar-refractivity contribution in [1.29, 1.82) is 0 Å². The fraction of sp³-hybridized carbons (Fsp3) is 1.00. The summed E-state index contributed by atoms with van der Waals surface area (Å²) in [5, 5.41) is 0. The zero-order valence-electron chi connectivity index (χ0n) is 10.6. The van der Waals surface area contributed by atoms with Gasteiger partial charge in [0.1, 0.15) is 0 Å². The monoisotopic (exact) mass is 235 g/mol.